The Hall–Kier alpha value is -1.19. The van der Waals surface area contributed by atoms with Crippen molar-refractivity contribution in [2.75, 3.05) is 0 Å². The molecule has 0 fully saturated rings. The van der Waals surface area contributed by atoms with Crippen molar-refractivity contribution in [2.24, 2.45) is 5.73 Å². The van der Waals surface area contributed by atoms with Gasteiger partial charge in [-0.2, -0.15) is 0 Å². The van der Waals surface area contributed by atoms with Crippen molar-refractivity contribution >= 4 is 11.3 Å². The molecule has 2 rings (SSSR count). The van der Waals surface area contributed by atoms with Gasteiger partial charge in [-0.05, 0) is 37.5 Å². The molecule has 0 amide bonds. The molecule has 0 aliphatic heterocycles. The maximum atomic E-state index is 5.63. The van der Waals surface area contributed by atoms with Crippen molar-refractivity contribution in [3.05, 3.63) is 50.5 Å². The summed E-state index contributed by atoms with van der Waals surface area (Å²) >= 11 is 1.74. The van der Waals surface area contributed by atoms with Crippen LogP contribution in [-0.2, 0) is 13.0 Å². The van der Waals surface area contributed by atoms with Crippen LogP contribution in [0.3, 0.4) is 0 Å². The lowest BCUT2D eigenvalue weighted by Crippen LogP contribution is -1.95. The molecule has 0 atom stereocenters. The van der Waals surface area contributed by atoms with Crippen molar-refractivity contribution in [3.8, 4) is 0 Å². The van der Waals surface area contributed by atoms with Gasteiger partial charge in [0, 0.05) is 17.8 Å². The highest BCUT2D eigenvalue weighted by molar-refractivity contribution is 7.11. The summed E-state index contributed by atoms with van der Waals surface area (Å²) < 4.78 is 0. The quantitative estimate of drug-likeness (QED) is 0.903. The largest absolute Gasteiger partial charge is 0.325 e. The van der Waals surface area contributed by atoms with Crippen molar-refractivity contribution in [2.45, 2.75) is 33.7 Å². The molecule has 0 aliphatic rings. The van der Waals surface area contributed by atoms with E-state index in [9.17, 15) is 0 Å². The molecule has 3 heteroatoms. The second-order valence-electron chi connectivity index (χ2n) is 4.37. The van der Waals surface area contributed by atoms with E-state index in [2.05, 4.69) is 44.0 Å². The second-order valence-corrected chi connectivity index (χ2v) is 5.54. The molecule has 17 heavy (non-hydrogen) atoms. The van der Waals surface area contributed by atoms with E-state index in [1.54, 1.807) is 11.3 Å². The van der Waals surface area contributed by atoms with Crippen LogP contribution in [0.5, 0.6) is 0 Å². The minimum absolute atomic E-state index is 0.540. The molecule has 0 unspecified atom stereocenters. The van der Waals surface area contributed by atoms with Crippen LogP contribution in [0.2, 0.25) is 0 Å². The molecule has 0 bridgehead atoms. The fraction of sp³-hybridized carbons (Fsp3) is 0.357. The topological polar surface area (TPSA) is 38.9 Å². The Kier molecular flexibility index (Phi) is 3.60. The summed E-state index contributed by atoms with van der Waals surface area (Å²) in [6, 6.07) is 6.45. The number of rotatable bonds is 3. The zero-order valence-corrected chi connectivity index (χ0v) is 11.4. The van der Waals surface area contributed by atoms with Crippen molar-refractivity contribution in [3.63, 3.8) is 0 Å². The smallest absolute Gasteiger partial charge is 0.107 e. The summed E-state index contributed by atoms with van der Waals surface area (Å²) in [5, 5.41) is 1.03. The highest BCUT2D eigenvalue weighted by Gasteiger charge is 2.10. The minimum Gasteiger partial charge on any atom is -0.325 e. The molecule has 0 saturated heterocycles. The molecule has 1 aromatic heterocycles. The fourth-order valence-corrected chi connectivity index (χ4v) is 2.99. The maximum Gasteiger partial charge on any atom is 0.107 e. The molecular formula is C14H18N2S. The third-order valence-electron chi connectivity index (χ3n) is 3.09. The summed E-state index contributed by atoms with van der Waals surface area (Å²) in [5.74, 6) is 0. The van der Waals surface area contributed by atoms with Gasteiger partial charge >= 0.3 is 0 Å². The summed E-state index contributed by atoms with van der Waals surface area (Å²) in [7, 11) is 0. The molecule has 1 aromatic carbocycles. The van der Waals surface area contributed by atoms with Crippen LogP contribution in [0.1, 0.15) is 32.3 Å². The Morgan fingerprint density at radius 3 is 2.35 bits per heavy atom. The number of hydrogen-bond acceptors (Lipinski definition) is 3. The molecule has 2 aromatic rings. The summed E-state index contributed by atoms with van der Waals surface area (Å²) in [6.45, 7) is 6.95. The fourth-order valence-electron chi connectivity index (χ4n) is 2.03. The van der Waals surface area contributed by atoms with Crippen molar-refractivity contribution < 1.29 is 0 Å². The van der Waals surface area contributed by atoms with Crippen LogP contribution in [0, 0.1) is 20.8 Å². The van der Waals surface area contributed by atoms with Gasteiger partial charge in [0.1, 0.15) is 5.01 Å². The van der Waals surface area contributed by atoms with Crippen molar-refractivity contribution in [1.82, 2.24) is 4.98 Å². The first kappa shape index (κ1) is 12.3. The van der Waals surface area contributed by atoms with Crippen LogP contribution in [-0.4, -0.2) is 4.98 Å². The van der Waals surface area contributed by atoms with Crippen LogP contribution in [0.4, 0.5) is 0 Å². The van der Waals surface area contributed by atoms with Crippen molar-refractivity contribution in [1.29, 1.82) is 0 Å². The predicted octanol–water partition coefficient (Wildman–Crippen LogP) is 3.12. The number of nitrogens with two attached hydrogens (primary N) is 1. The monoisotopic (exact) mass is 246 g/mol. The van der Waals surface area contributed by atoms with Gasteiger partial charge in [-0.15, -0.1) is 11.3 Å². The standard InChI is InChI=1S/C14H18N2S/c1-9-5-4-6-10(2)12(9)7-13-11(3)16-14(8-15)17-13/h4-6H,7-8,15H2,1-3H3. The molecule has 2 nitrogen and oxygen atoms in total. The lowest BCUT2D eigenvalue weighted by Gasteiger charge is -2.08. The first-order chi connectivity index (χ1) is 8.11. The number of benzene rings is 1. The van der Waals surface area contributed by atoms with E-state index in [1.807, 2.05) is 0 Å². The van der Waals surface area contributed by atoms with E-state index in [1.165, 1.54) is 21.6 Å². The van der Waals surface area contributed by atoms with Gasteiger partial charge in [0.05, 0.1) is 5.69 Å². The van der Waals surface area contributed by atoms with Gasteiger partial charge in [-0.25, -0.2) is 4.98 Å². The normalized spacial score (nSPS) is 10.8. The Labute approximate surface area is 107 Å². The number of thiazole rings is 1. The van der Waals surface area contributed by atoms with Crippen LogP contribution in [0.25, 0.3) is 0 Å². The molecular weight excluding hydrogens is 228 g/mol. The zero-order valence-electron chi connectivity index (χ0n) is 10.6. The minimum atomic E-state index is 0.540. The first-order valence-electron chi connectivity index (χ1n) is 5.82. The van der Waals surface area contributed by atoms with Crippen LogP contribution in [0.15, 0.2) is 18.2 Å². The molecule has 0 radical (unpaired) electrons. The molecule has 0 spiro atoms. The third kappa shape index (κ3) is 2.56. The predicted molar refractivity (Wildman–Crippen MR) is 73.5 cm³/mol. The molecule has 1 heterocycles. The van der Waals surface area contributed by atoms with Crippen LogP contribution >= 0.6 is 11.3 Å². The SMILES string of the molecule is Cc1cccc(C)c1Cc1sc(CN)nc1C. The lowest BCUT2D eigenvalue weighted by atomic mass is 9.99. The zero-order chi connectivity index (χ0) is 12.4. The van der Waals surface area contributed by atoms with E-state index in [4.69, 9.17) is 5.73 Å². The van der Waals surface area contributed by atoms with Crippen LogP contribution < -0.4 is 5.73 Å². The van der Waals surface area contributed by atoms with Gasteiger partial charge in [-0.3, -0.25) is 0 Å². The molecule has 0 saturated carbocycles. The lowest BCUT2D eigenvalue weighted by molar-refractivity contribution is 1.01. The summed E-state index contributed by atoms with van der Waals surface area (Å²) in [4.78, 5) is 5.81. The van der Waals surface area contributed by atoms with Gasteiger partial charge in [0.25, 0.3) is 0 Å². The average Bonchev–Trinajstić information content (AvgIpc) is 2.65. The van der Waals surface area contributed by atoms with E-state index in [-0.39, 0.29) is 0 Å². The van der Waals surface area contributed by atoms with E-state index in [0.717, 1.165) is 17.1 Å². The average molecular weight is 246 g/mol. The number of aryl methyl sites for hydroxylation is 3. The highest BCUT2D eigenvalue weighted by atomic mass is 32.1. The van der Waals surface area contributed by atoms with Gasteiger partial charge in [0.15, 0.2) is 0 Å². The third-order valence-corrected chi connectivity index (χ3v) is 4.27. The van der Waals surface area contributed by atoms with Gasteiger partial charge < -0.3 is 5.73 Å². The second kappa shape index (κ2) is 4.98. The molecule has 90 valence electrons. The van der Waals surface area contributed by atoms with E-state index in [0.29, 0.717) is 6.54 Å². The Bertz CT molecular complexity index is 509. The Morgan fingerprint density at radius 2 is 1.82 bits per heavy atom. The molecule has 0 aliphatic carbocycles. The van der Waals surface area contributed by atoms with E-state index >= 15 is 0 Å². The maximum absolute atomic E-state index is 5.63. The Balaban J connectivity index is 2.34. The number of aromatic nitrogens is 1. The highest BCUT2D eigenvalue weighted by Crippen LogP contribution is 2.24. The van der Waals surface area contributed by atoms with E-state index < -0.39 is 0 Å². The van der Waals surface area contributed by atoms with Gasteiger partial charge in [0.2, 0.25) is 0 Å². The summed E-state index contributed by atoms with van der Waals surface area (Å²) in [6.07, 6.45) is 0.974. The van der Waals surface area contributed by atoms with Gasteiger partial charge in [-0.1, -0.05) is 18.2 Å². The summed E-state index contributed by atoms with van der Waals surface area (Å²) in [5.41, 5.74) is 10.9. The Morgan fingerprint density at radius 1 is 1.18 bits per heavy atom. The first-order valence-corrected chi connectivity index (χ1v) is 6.63. The molecule has 2 N–H and O–H groups in total. The number of nitrogens with zero attached hydrogens (tertiary/aromatic N) is 1. The number of hydrogen-bond donors (Lipinski definition) is 1.